The second-order valence-electron chi connectivity index (χ2n) is 5.27. The molecule has 0 saturated carbocycles. The Labute approximate surface area is 153 Å². The lowest BCUT2D eigenvalue weighted by Crippen LogP contribution is -2.09. The van der Waals surface area contributed by atoms with Crippen molar-refractivity contribution in [2.75, 3.05) is 7.11 Å². The maximum absolute atomic E-state index is 12.4. The van der Waals surface area contributed by atoms with Crippen LogP contribution >= 0.6 is 11.6 Å². The van der Waals surface area contributed by atoms with Crippen molar-refractivity contribution in [2.24, 2.45) is 0 Å². The monoisotopic (exact) mass is 372 g/mol. The molecule has 0 aliphatic carbocycles. The van der Waals surface area contributed by atoms with E-state index in [1.54, 1.807) is 24.3 Å². The number of hydrogen-bond donors (Lipinski definition) is 1. The fourth-order valence-corrected chi connectivity index (χ4v) is 2.41. The number of methoxy groups -OCH3 is 1. The van der Waals surface area contributed by atoms with Crippen LogP contribution in [0.5, 0.6) is 11.7 Å². The van der Waals surface area contributed by atoms with Crippen molar-refractivity contribution in [1.82, 2.24) is 0 Å². The van der Waals surface area contributed by atoms with E-state index in [4.69, 9.17) is 30.6 Å². The summed E-state index contributed by atoms with van der Waals surface area (Å²) in [4.78, 5) is 23.2. The molecule has 3 aromatic rings. The zero-order valence-electron chi connectivity index (χ0n) is 13.6. The third-order valence-electron chi connectivity index (χ3n) is 3.52. The zero-order chi connectivity index (χ0) is 18.7. The van der Waals surface area contributed by atoms with E-state index in [0.29, 0.717) is 27.1 Å². The minimum atomic E-state index is -1.12. The summed E-state index contributed by atoms with van der Waals surface area (Å²) < 4.78 is 15.9. The highest BCUT2D eigenvalue weighted by Crippen LogP contribution is 2.32. The first-order valence-corrected chi connectivity index (χ1v) is 7.84. The summed E-state index contributed by atoms with van der Waals surface area (Å²) in [5.41, 5.74) is 1.15. The predicted octanol–water partition coefficient (Wildman–Crippen LogP) is 4.41. The van der Waals surface area contributed by atoms with Crippen LogP contribution in [0.1, 0.15) is 15.9 Å². The molecule has 1 aromatic heterocycles. The summed E-state index contributed by atoms with van der Waals surface area (Å²) in [6.45, 7) is 0. The Morgan fingerprint density at radius 1 is 1.15 bits per heavy atom. The average Bonchev–Trinajstić information content (AvgIpc) is 3.02. The van der Waals surface area contributed by atoms with Crippen LogP contribution in [0.15, 0.2) is 53.0 Å². The van der Waals surface area contributed by atoms with Gasteiger partial charge in [-0.3, -0.25) is 0 Å². The van der Waals surface area contributed by atoms with Gasteiger partial charge in [0.25, 0.3) is 5.95 Å². The van der Waals surface area contributed by atoms with Gasteiger partial charge in [0.1, 0.15) is 11.3 Å². The Morgan fingerprint density at radius 2 is 1.88 bits per heavy atom. The van der Waals surface area contributed by atoms with Crippen LogP contribution in [0, 0.1) is 0 Å². The van der Waals surface area contributed by atoms with Gasteiger partial charge in [0, 0.05) is 34.2 Å². The number of carbonyl (C=O) groups excluding carboxylic acids is 1. The molecule has 1 N–H and O–H groups in total. The number of carbonyl (C=O) groups is 2. The number of aliphatic carboxylic acids is 1. The number of esters is 1. The number of halogens is 1. The highest BCUT2D eigenvalue weighted by Gasteiger charge is 2.14. The van der Waals surface area contributed by atoms with Crippen molar-refractivity contribution in [3.8, 4) is 11.7 Å². The van der Waals surface area contributed by atoms with Gasteiger partial charge in [-0.1, -0.05) is 11.6 Å². The fourth-order valence-electron chi connectivity index (χ4n) is 2.29. The molecule has 0 spiro atoms. The van der Waals surface area contributed by atoms with Gasteiger partial charge < -0.3 is 19.0 Å². The maximum Gasteiger partial charge on any atom is 0.343 e. The van der Waals surface area contributed by atoms with E-state index in [-0.39, 0.29) is 11.7 Å². The Bertz CT molecular complexity index is 1000. The Morgan fingerprint density at radius 3 is 2.54 bits per heavy atom. The second kappa shape index (κ2) is 7.33. The van der Waals surface area contributed by atoms with Crippen molar-refractivity contribution in [3.05, 3.63) is 64.7 Å². The fraction of sp³-hybridized carbons (Fsp3) is 0.0526. The largest absolute Gasteiger partial charge is 0.478 e. The van der Waals surface area contributed by atoms with E-state index in [1.807, 2.05) is 0 Å². The van der Waals surface area contributed by atoms with E-state index in [1.165, 1.54) is 31.4 Å². The van der Waals surface area contributed by atoms with Gasteiger partial charge in [-0.25, -0.2) is 9.59 Å². The van der Waals surface area contributed by atoms with Crippen LogP contribution in [-0.2, 0) is 4.79 Å². The number of rotatable bonds is 5. The third kappa shape index (κ3) is 3.87. The topological polar surface area (TPSA) is 86.0 Å². The number of carboxylic acids is 1. The van der Waals surface area contributed by atoms with E-state index >= 15 is 0 Å². The molecule has 3 rings (SSSR count). The van der Waals surface area contributed by atoms with Crippen molar-refractivity contribution in [2.45, 2.75) is 0 Å². The molecule has 0 amide bonds. The summed E-state index contributed by atoms with van der Waals surface area (Å²) in [7, 11) is 1.46. The van der Waals surface area contributed by atoms with Crippen molar-refractivity contribution in [1.29, 1.82) is 0 Å². The average molecular weight is 373 g/mol. The molecule has 7 heteroatoms. The number of hydrogen-bond acceptors (Lipinski definition) is 5. The molecule has 0 aliphatic heterocycles. The minimum Gasteiger partial charge on any atom is -0.478 e. The number of benzene rings is 2. The van der Waals surface area contributed by atoms with Gasteiger partial charge in [-0.05, 0) is 36.4 Å². The normalized spacial score (nSPS) is 11.0. The molecule has 0 radical (unpaired) electrons. The smallest absolute Gasteiger partial charge is 0.343 e. The van der Waals surface area contributed by atoms with E-state index < -0.39 is 11.9 Å². The number of ether oxygens (including phenoxy) is 2. The lowest BCUT2D eigenvalue weighted by molar-refractivity contribution is -0.131. The first-order valence-electron chi connectivity index (χ1n) is 7.46. The summed E-state index contributed by atoms with van der Waals surface area (Å²) in [6, 6.07) is 11.0. The summed E-state index contributed by atoms with van der Waals surface area (Å²) >= 11 is 5.81. The Balaban J connectivity index is 2.00. The molecule has 6 nitrogen and oxygen atoms in total. The molecule has 0 aliphatic rings. The van der Waals surface area contributed by atoms with Crippen molar-refractivity contribution < 1.29 is 28.6 Å². The molecule has 2 aromatic carbocycles. The molecule has 1 heterocycles. The highest BCUT2D eigenvalue weighted by atomic mass is 35.5. The molecule has 0 unspecified atom stereocenters. The molecule has 0 atom stereocenters. The third-order valence-corrected chi connectivity index (χ3v) is 3.77. The molecule has 0 fully saturated rings. The summed E-state index contributed by atoms with van der Waals surface area (Å²) in [5, 5.41) is 10.0. The molecule has 26 heavy (non-hydrogen) atoms. The maximum atomic E-state index is 12.4. The zero-order valence-corrected chi connectivity index (χ0v) is 14.3. The van der Waals surface area contributed by atoms with Gasteiger partial charge >= 0.3 is 11.9 Å². The first-order chi connectivity index (χ1) is 12.5. The minimum absolute atomic E-state index is 0.159. The number of fused-ring (bicyclic) bond motifs is 1. The number of carboxylic acid groups (broad SMARTS) is 1. The summed E-state index contributed by atoms with van der Waals surface area (Å²) in [5.74, 6) is -1.28. The van der Waals surface area contributed by atoms with Gasteiger partial charge in [0.2, 0.25) is 0 Å². The first kappa shape index (κ1) is 17.6. The molecular weight excluding hydrogens is 360 g/mol. The molecule has 0 saturated heterocycles. The van der Waals surface area contributed by atoms with Gasteiger partial charge in [-0.15, -0.1) is 0 Å². The van der Waals surface area contributed by atoms with E-state index in [2.05, 4.69) is 0 Å². The lowest BCUT2D eigenvalue weighted by atomic mass is 10.1. The predicted molar refractivity (Wildman–Crippen MR) is 95.8 cm³/mol. The Kier molecular flexibility index (Phi) is 4.95. The van der Waals surface area contributed by atoms with E-state index in [0.717, 1.165) is 6.08 Å². The second-order valence-corrected chi connectivity index (χ2v) is 5.70. The SMILES string of the molecule is COc1cc2cc(/C=C/C(=O)O)c(OC(=O)c3ccc(Cl)cc3)cc2o1. The van der Waals surface area contributed by atoms with E-state index in [9.17, 15) is 9.59 Å². The van der Waals surface area contributed by atoms with Gasteiger partial charge in [0.05, 0.1) is 12.7 Å². The lowest BCUT2D eigenvalue weighted by Gasteiger charge is -2.08. The molecular formula is C19H13ClO6. The quantitative estimate of drug-likeness (QED) is 0.405. The van der Waals surface area contributed by atoms with Crippen LogP contribution < -0.4 is 9.47 Å². The highest BCUT2D eigenvalue weighted by molar-refractivity contribution is 6.30. The van der Waals surface area contributed by atoms with Crippen LogP contribution in [0.2, 0.25) is 5.02 Å². The Hall–Kier alpha value is -3.25. The number of furan rings is 1. The van der Waals surface area contributed by atoms with Crippen LogP contribution in [-0.4, -0.2) is 24.2 Å². The summed E-state index contributed by atoms with van der Waals surface area (Å²) in [6.07, 6.45) is 2.30. The van der Waals surface area contributed by atoms with Crippen LogP contribution in [0.3, 0.4) is 0 Å². The molecule has 132 valence electrons. The van der Waals surface area contributed by atoms with Crippen molar-refractivity contribution >= 4 is 40.6 Å². The van der Waals surface area contributed by atoms with Crippen LogP contribution in [0.4, 0.5) is 0 Å². The van der Waals surface area contributed by atoms with Gasteiger partial charge in [-0.2, -0.15) is 0 Å². The van der Waals surface area contributed by atoms with Gasteiger partial charge in [0.15, 0.2) is 0 Å². The van der Waals surface area contributed by atoms with Crippen molar-refractivity contribution in [3.63, 3.8) is 0 Å². The van der Waals surface area contributed by atoms with Crippen LogP contribution in [0.25, 0.3) is 17.0 Å². The standard InChI is InChI=1S/C19H13ClO6/c1-24-18-9-13-8-12(4-7-17(21)22)15(10-16(13)25-18)26-19(23)11-2-5-14(20)6-3-11/h2-10H,1H3,(H,21,22)/b7-4+. The molecule has 0 bridgehead atoms.